The van der Waals surface area contributed by atoms with Crippen molar-refractivity contribution in [2.24, 2.45) is 0 Å². The highest BCUT2D eigenvalue weighted by Gasteiger charge is 2.35. The topological polar surface area (TPSA) is 47.6 Å². The lowest BCUT2D eigenvalue weighted by Crippen LogP contribution is -2.26. The van der Waals surface area contributed by atoms with E-state index < -0.39 is 23.2 Å². The van der Waals surface area contributed by atoms with Crippen molar-refractivity contribution in [3.8, 4) is 5.75 Å². The molecule has 0 aliphatic carbocycles. The maximum absolute atomic E-state index is 13.1. The molecule has 0 radical (unpaired) electrons. The molecule has 1 saturated heterocycles. The Labute approximate surface area is 155 Å². The summed E-state index contributed by atoms with van der Waals surface area (Å²) in [7, 11) is 0. The Morgan fingerprint density at radius 2 is 1.85 bits per heavy atom. The smallest absolute Gasteiger partial charge is 0.417 e. The number of benzene rings is 2. The van der Waals surface area contributed by atoms with Crippen LogP contribution in [-0.2, 0) is 10.9 Å². The van der Waals surface area contributed by atoms with Gasteiger partial charge in [-0.1, -0.05) is 24.3 Å². The van der Waals surface area contributed by atoms with E-state index in [9.17, 15) is 18.0 Å². The molecule has 1 atom stereocenters. The Morgan fingerprint density at radius 1 is 1.11 bits per heavy atom. The molecule has 0 aromatic heterocycles. The SMILES string of the molecule is O=C(Nc1ccccc1OCC1CCCCO1)c1ccccc1C(F)(F)F. The summed E-state index contributed by atoms with van der Waals surface area (Å²) in [6.45, 7) is 1.02. The number of carbonyl (C=O) groups is 1. The molecule has 1 aliphatic rings. The Hall–Kier alpha value is -2.54. The summed E-state index contributed by atoms with van der Waals surface area (Å²) in [5, 5.41) is 2.52. The van der Waals surface area contributed by atoms with Gasteiger partial charge in [-0.2, -0.15) is 13.2 Å². The molecule has 1 aliphatic heterocycles. The van der Waals surface area contributed by atoms with Crippen molar-refractivity contribution in [2.75, 3.05) is 18.5 Å². The molecule has 0 bridgehead atoms. The molecule has 1 fully saturated rings. The van der Waals surface area contributed by atoms with Crippen LogP contribution >= 0.6 is 0 Å². The third kappa shape index (κ3) is 5.01. The number of alkyl halides is 3. The molecule has 2 aromatic carbocycles. The number of hydrogen-bond donors (Lipinski definition) is 1. The van der Waals surface area contributed by atoms with Gasteiger partial charge in [0.15, 0.2) is 0 Å². The summed E-state index contributed by atoms with van der Waals surface area (Å²) < 4.78 is 50.8. The van der Waals surface area contributed by atoms with Crippen molar-refractivity contribution >= 4 is 11.6 Å². The lowest BCUT2D eigenvalue weighted by atomic mass is 10.1. The van der Waals surface area contributed by atoms with Crippen molar-refractivity contribution in [2.45, 2.75) is 31.5 Å². The van der Waals surface area contributed by atoms with Gasteiger partial charge < -0.3 is 14.8 Å². The Kier molecular flexibility index (Phi) is 6.01. The number of carbonyl (C=O) groups excluding carboxylic acids is 1. The predicted molar refractivity (Wildman–Crippen MR) is 94.9 cm³/mol. The summed E-state index contributed by atoms with van der Waals surface area (Å²) >= 11 is 0. The van der Waals surface area contributed by atoms with Crippen molar-refractivity contribution in [1.29, 1.82) is 0 Å². The van der Waals surface area contributed by atoms with Crippen LogP contribution in [0.2, 0.25) is 0 Å². The highest BCUT2D eigenvalue weighted by molar-refractivity contribution is 6.06. The van der Waals surface area contributed by atoms with E-state index in [0.29, 0.717) is 24.7 Å². The van der Waals surface area contributed by atoms with Gasteiger partial charge in [-0.15, -0.1) is 0 Å². The van der Waals surface area contributed by atoms with Crippen LogP contribution in [0.3, 0.4) is 0 Å². The van der Waals surface area contributed by atoms with Crippen LogP contribution in [0.25, 0.3) is 0 Å². The number of hydrogen-bond acceptors (Lipinski definition) is 3. The van der Waals surface area contributed by atoms with E-state index in [0.717, 1.165) is 31.4 Å². The molecule has 1 N–H and O–H groups in total. The molecular formula is C20H20F3NO3. The Balaban J connectivity index is 1.73. The summed E-state index contributed by atoms with van der Waals surface area (Å²) in [6.07, 6.45) is -1.63. The Morgan fingerprint density at radius 3 is 2.59 bits per heavy atom. The minimum absolute atomic E-state index is 0.0199. The van der Waals surface area contributed by atoms with E-state index in [1.54, 1.807) is 24.3 Å². The molecule has 1 unspecified atom stereocenters. The second-order valence-corrected chi connectivity index (χ2v) is 6.29. The van der Waals surface area contributed by atoms with Gasteiger partial charge in [0.05, 0.1) is 22.9 Å². The Bertz CT molecular complexity index is 786. The third-order valence-electron chi connectivity index (χ3n) is 4.31. The molecule has 1 amide bonds. The van der Waals surface area contributed by atoms with Gasteiger partial charge in [-0.05, 0) is 43.5 Å². The van der Waals surface area contributed by atoms with Crippen LogP contribution in [0.1, 0.15) is 35.2 Å². The summed E-state index contributed by atoms with van der Waals surface area (Å²) in [6, 6.07) is 11.3. The quantitative estimate of drug-likeness (QED) is 0.803. The van der Waals surface area contributed by atoms with Gasteiger partial charge in [-0.25, -0.2) is 0 Å². The highest BCUT2D eigenvalue weighted by Crippen LogP contribution is 2.33. The maximum Gasteiger partial charge on any atom is 0.417 e. The monoisotopic (exact) mass is 379 g/mol. The normalized spacial score (nSPS) is 17.4. The number of halogens is 3. The zero-order valence-electron chi connectivity index (χ0n) is 14.6. The highest BCUT2D eigenvalue weighted by atomic mass is 19.4. The number of ether oxygens (including phenoxy) is 2. The molecule has 4 nitrogen and oxygen atoms in total. The minimum atomic E-state index is -4.61. The van der Waals surface area contributed by atoms with Gasteiger partial charge in [0.2, 0.25) is 0 Å². The van der Waals surface area contributed by atoms with Crippen LogP contribution in [0.4, 0.5) is 18.9 Å². The zero-order chi connectivity index (χ0) is 19.3. The van der Waals surface area contributed by atoms with Crippen LogP contribution in [-0.4, -0.2) is 25.2 Å². The van der Waals surface area contributed by atoms with E-state index in [1.165, 1.54) is 12.1 Å². The first-order valence-corrected chi connectivity index (χ1v) is 8.76. The van der Waals surface area contributed by atoms with Crippen molar-refractivity contribution < 1.29 is 27.4 Å². The minimum Gasteiger partial charge on any atom is -0.489 e. The average Bonchev–Trinajstić information content (AvgIpc) is 2.67. The number of para-hydroxylation sites is 2. The molecule has 0 saturated carbocycles. The van der Waals surface area contributed by atoms with Crippen molar-refractivity contribution in [1.82, 2.24) is 0 Å². The number of anilines is 1. The lowest BCUT2D eigenvalue weighted by Gasteiger charge is -2.23. The first kappa shape index (κ1) is 19.2. The van der Waals surface area contributed by atoms with Gasteiger partial charge in [0, 0.05) is 6.61 Å². The van der Waals surface area contributed by atoms with Gasteiger partial charge in [-0.3, -0.25) is 4.79 Å². The number of nitrogens with one attached hydrogen (secondary N) is 1. The fourth-order valence-corrected chi connectivity index (χ4v) is 2.94. The van der Waals surface area contributed by atoms with E-state index in [-0.39, 0.29) is 6.10 Å². The second-order valence-electron chi connectivity index (χ2n) is 6.29. The van der Waals surface area contributed by atoms with Crippen molar-refractivity contribution in [3.05, 3.63) is 59.7 Å². The fourth-order valence-electron chi connectivity index (χ4n) is 2.94. The molecule has 7 heteroatoms. The summed E-state index contributed by atoms with van der Waals surface area (Å²) in [4.78, 5) is 12.4. The molecule has 3 rings (SSSR count). The summed E-state index contributed by atoms with van der Waals surface area (Å²) in [5.41, 5.74) is -1.10. The van der Waals surface area contributed by atoms with Gasteiger partial charge >= 0.3 is 6.18 Å². The van der Waals surface area contributed by atoms with E-state index in [4.69, 9.17) is 9.47 Å². The molecule has 27 heavy (non-hydrogen) atoms. The molecular weight excluding hydrogens is 359 g/mol. The third-order valence-corrected chi connectivity index (χ3v) is 4.31. The predicted octanol–water partition coefficient (Wildman–Crippen LogP) is 4.91. The van der Waals surface area contributed by atoms with E-state index in [1.807, 2.05) is 0 Å². The molecule has 2 aromatic rings. The van der Waals surface area contributed by atoms with Crippen LogP contribution in [0.15, 0.2) is 48.5 Å². The summed E-state index contributed by atoms with van der Waals surface area (Å²) in [5.74, 6) is -0.447. The second kappa shape index (κ2) is 8.43. The zero-order valence-corrected chi connectivity index (χ0v) is 14.6. The van der Waals surface area contributed by atoms with E-state index in [2.05, 4.69) is 5.32 Å². The first-order valence-electron chi connectivity index (χ1n) is 8.76. The first-order chi connectivity index (χ1) is 12.9. The van der Waals surface area contributed by atoms with Crippen LogP contribution < -0.4 is 10.1 Å². The van der Waals surface area contributed by atoms with Gasteiger partial charge in [0.25, 0.3) is 5.91 Å². The molecule has 1 heterocycles. The molecule has 0 spiro atoms. The van der Waals surface area contributed by atoms with Crippen LogP contribution in [0, 0.1) is 0 Å². The average molecular weight is 379 g/mol. The fraction of sp³-hybridized carbons (Fsp3) is 0.350. The standard InChI is InChI=1S/C20H20F3NO3/c21-20(22,23)16-9-2-1-8-15(16)19(25)24-17-10-3-4-11-18(17)27-13-14-7-5-6-12-26-14/h1-4,8-11,14H,5-7,12-13H2,(H,24,25). The van der Waals surface area contributed by atoms with E-state index >= 15 is 0 Å². The number of amides is 1. The maximum atomic E-state index is 13.1. The van der Waals surface area contributed by atoms with Crippen molar-refractivity contribution in [3.63, 3.8) is 0 Å². The largest absolute Gasteiger partial charge is 0.489 e. The lowest BCUT2D eigenvalue weighted by molar-refractivity contribution is -0.137. The molecule has 144 valence electrons. The number of rotatable bonds is 5. The van der Waals surface area contributed by atoms with Gasteiger partial charge in [0.1, 0.15) is 12.4 Å². The van der Waals surface area contributed by atoms with Crippen LogP contribution in [0.5, 0.6) is 5.75 Å².